The van der Waals surface area contributed by atoms with Crippen molar-refractivity contribution >= 4 is 41.3 Å². The van der Waals surface area contributed by atoms with E-state index in [2.05, 4.69) is 51.3 Å². The highest BCUT2D eigenvalue weighted by Crippen LogP contribution is 2.14. The molecule has 31 heavy (non-hydrogen) atoms. The van der Waals surface area contributed by atoms with E-state index in [0.717, 1.165) is 36.3 Å². The quantitative estimate of drug-likeness (QED) is 0.239. The van der Waals surface area contributed by atoms with E-state index in [1.54, 1.807) is 11.3 Å². The zero-order valence-corrected chi connectivity index (χ0v) is 21.6. The van der Waals surface area contributed by atoms with Crippen LogP contribution < -0.4 is 15.4 Å². The Morgan fingerprint density at radius 1 is 1.19 bits per heavy atom. The van der Waals surface area contributed by atoms with Crippen molar-refractivity contribution in [1.82, 2.24) is 25.4 Å². The van der Waals surface area contributed by atoms with Crippen molar-refractivity contribution < 1.29 is 4.74 Å². The van der Waals surface area contributed by atoms with Gasteiger partial charge in [0.1, 0.15) is 24.2 Å². The highest BCUT2D eigenvalue weighted by molar-refractivity contribution is 14.0. The second-order valence-corrected chi connectivity index (χ2v) is 8.30. The van der Waals surface area contributed by atoms with E-state index < -0.39 is 0 Å². The van der Waals surface area contributed by atoms with Crippen molar-refractivity contribution in [3.05, 3.63) is 63.9 Å². The monoisotopic (exact) mass is 554 g/mol. The maximum absolute atomic E-state index is 6.02. The molecule has 0 saturated carbocycles. The third-order valence-electron chi connectivity index (χ3n) is 4.69. The van der Waals surface area contributed by atoms with Crippen molar-refractivity contribution in [3.63, 3.8) is 0 Å². The number of nitrogens with zero attached hydrogens (tertiary/aromatic N) is 4. The molecule has 2 heterocycles. The fourth-order valence-electron chi connectivity index (χ4n) is 2.87. The van der Waals surface area contributed by atoms with Crippen LogP contribution in [0.15, 0.2) is 46.8 Å². The largest absolute Gasteiger partial charge is 0.489 e. The summed E-state index contributed by atoms with van der Waals surface area (Å²) < 4.78 is 7.98. The highest BCUT2D eigenvalue weighted by Gasteiger charge is 2.08. The molecule has 0 aliphatic rings. The van der Waals surface area contributed by atoms with Gasteiger partial charge in [-0.15, -0.1) is 45.5 Å². The van der Waals surface area contributed by atoms with E-state index in [1.807, 2.05) is 43.7 Å². The van der Waals surface area contributed by atoms with E-state index in [1.165, 1.54) is 10.4 Å². The number of benzene rings is 1. The van der Waals surface area contributed by atoms with Crippen molar-refractivity contribution in [2.24, 2.45) is 12.0 Å². The number of guanidine groups is 1. The summed E-state index contributed by atoms with van der Waals surface area (Å²) in [6.45, 7) is 7.94. The normalized spacial score (nSPS) is 12.2. The maximum Gasteiger partial charge on any atom is 0.191 e. The van der Waals surface area contributed by atoms with Gasteiger partial charge < -0.3 is 19.9 Å². The Hall–Kier alpha value is -2.14. The number of aliphatic imine (C=N–C) groups is 1. The summed E-state index contributed by atoms with van der Waals surface area (Å²) in [5, 5.41) is 17.2. The van der Waals surface area contributed by atoms with E-state index in [4.69, 9.17) is 9.73 Å². The molecule has 0 fully saturated rings. The van der Waals surface area contributed by atoms with Crippen LogP contribution in [0.4, 0.5) is 0 Å². The summed E-state index contributed by atoms with van der Waals surface area (Å²) in [6, 6.07) is 12.3. The van der Waals surface area contributed by atoms with Crippen molar-refractivity contribution in [2.75, 3.05) is 13.1 Å². The van der Waals surface area contributed by atoms with E-state index in [-0.39, 0.29) is 30.1 Å². The molecular formula is C22H31IN6OS. The number of rotatable bonds is 9. The van der Waals surface area contributed by atoms with E-state index >= 15 is 0 Å². The van der Waals surface area contributed by atoms with Crippen LogP contribution in [0, 0.1) is 13.8 Å². The molecule has 1 unspecified atom stereocenters. The third-order valence-corrected chi connectivity index (χ3v) is 5.63. The molecule has 7 nitrogen and oxygen atoms in total. The van der Waals surface area contributed by atoms with Gasteiger partial charge in [0, 0.05) is 18.5 Å². The minimum absolute atomic E-state index is 0. The van der Waals surface area contributed by atoms with Gasteiger partial charge in [-0.25, -0.2) is 4.99 Å². The van der Waals surface area contributed by atoms with Gasteiger partial charge in [-0.3, -0.25) is 0 Å². The van der Waals surface area contributed by atoms with Crippen molar-refractivity contribution in [3.8, 4) is 5.75 Å². The number of hydrogen-bond donors (Lipinski definition) is 2. The lowest BCUT2D eigenvalue weighted by Crippen LogP contribution is -2.42. The standard InChI is InChI=1S/C22H30N6OS.HI/c1-16-7-5-8-19(13-16)29-17(2)14-24-22(23-11-10-20-9-6-12-30-20)25-15-21-27-26-18(3)28(21)4;/h5-9,12-13,17H,10-11,14-15H2,1-4H3,(H2,23,24,25);1H. The number of hydrogen-bond acceptors (Lipinski definition) is 5. The molecule has 9 heteroatoms. The van der Waals surface area contributed by atoms with Gasteiger partial charge in [0.05, 0.1) is 6.54 Å². The average molecular weight is 555 g/mol. The molecular weight excluding hydrogens is 523 g/mol. The lowest BCUT2D eigenvalue weighted by Gasteiger charge is -2.18. The fraction of sp³-hybridized carbons (Fsp3) is 0.409. The van der Waals surface area contributed by atoms with Crippen LogP contribution in [-0.2, 0) is 20.0 Å². The molecule has 1 atom stereocenters. The van der Waals surface area contributed by atoms with Gasteiger partial charge in [-0.2, -0.15) is 0 Å². The van der Waals surface area contributed by atoms with E-state index in [0.29, 0.717) is 13.1 Å². The van der Waals surface area contributed by atoms with Crippen LogP contribution in [-0.4, -0.2) is 39.9 Å². The van der Waals surface area contributed by atoms with Gasteiger partial charge in [0.25, 0.3) is 0 Å². The molecule has 0 aliphatic heterocycles. The first kappa shape index (κ1) is 25.1. The molecule has 3 aromatic rings. The second-order valence-electron chi connectivity index (χ2n) is 7.27. The first-order chi connectivity index (χ1) is 14.5. The summed E-state index contributed by atoms with van der Waals surface area (Å²) in [5.41, 5.74) is 1.18. The van der Waals surface area contributed by atoms with Gasteiger partial charge in [-0.05, 0) is 56.3 Å². The van der Waals surface area contributed by atoms with E-state index in [9.17, 15) is 0 Å². The van der Waals surface area contributed by atoms with Gasteiger partial charge in [0.15, 0.2) is 11.8 Å². The number of aryl methyl sites for hydroxylation is 2. The smallest absolute Gasteiger partial charge is 0.191 e. The van der Waals surface area contributed by atoms with Crippen molar-refractivity contribution in [2.45, 2.75) is 39.8 Å². The molecule has 2 N–H and O–H groups in total. The van der Waals surface area contributed by atoms with Gasteiger partial charge in [0.2, 0.25) is 0 Å². The summed E-state index contributed by atoms with van der Waals surface area (Å²) in [6.07, 6.45) is 0.949. The Balaban J connectivity index is 0.00000341. The third kappa shape index (κ3) is 8.13. The molecule has 168 valence electrons. The van der Waals surface area contributed by atoms with Crippen LogP contribution in [0.25, 0.3) is 0 Å². The molecule has 0 aliphatic carbocycles. The molecule has 1 aromatic carbocycles. The maximum atomic E-state index is 6.02. The van der Waals surface area contributed by atoms with Crippen LogP contribution in [0.1, 0.15) is 29.0 Å². The molecule has 0 bridgehead atoms. The summed E-state index contributed by atoms with van der Waals surface area (Å²) >= 11 is 1.77. The van der Waals surface area contributed by atoms with Crippen LogP contribution in [0.3, 0.4) is 0 Å². The SMILES string of the molecule is Cc1cccc(OC(C)CNC(=NCc2nnc(C)n2C)NCCc2cccs2)c1.I. The Kier molecular flexibility index (Phi) is 10.3. The summed E-state index contributed by atoms with van der Waals surface area (Å²) in [7, 11) is 1.95. The zero-order chi connectivity index (χ0) is 21.3. The summed E-state index contributed by atoms with van der Waals surface area (Å²) in [4.78, 5) is 6.05. The Bertz CT molecular complexity index is 957. The average Bonchev–Trinajstić information content (AvgIpc) is 3.34. The first-order valence-electron chi connectivity index (χ1n) is 10.1. The second kappa shape index (κ2) is 12.7. The van der Waals surface area contributed by atoms with Gasteiger partial charge in [-0.1, -0.05) is 18.2 Å². The van der Waals surface area contributed by atoms with Crippen LogP contribution in [0.2, 0.25) is 0 Å². The Morgan fingerprint density at radius 2 is 2.03 bits per heavy atom. The lowest BCUT2D eigenvalue weighted by molar-refractivity contribution is 0.223. The molecule has 0 radical (unpaired) electrons. The van der Waals surface area contributed by atoms with Crippen LogP contribution >= 0.6 is 35.3 Å². The predicted octanol–water partition coefficient (Wildman–Crippen LogP) is 3.86. The fourth-order valence-corrected chi connectivity index (χ4v) is 3.58. The topological polar surface area (TPSA) is 76.4 Å². The molecule has 0 saturated heterocycles. The first-order valence-corrected chi connectivity index (χ1v) is 11.0. The molecule has 0 amide bonds. The predicted molar refractivity (Wildman–Crippen MR) is 138 cm³/mol. The molecule has 2 aromatic heterocycles. The number of thiophene rings is 1. The lowest BCUT2D eigenvalue weighted by atomic mass is 10.2. The molecule has 0 spiro atoms. The highest BCUT2D eigenvalue weighted by atomic mass is 127. The van der Waals surface area contributed by atoms with Crippen LogP contribution in [0.5, 0.6) is 5.75 Å². The minimum Gasteiger partial charge on any atom is -0.489 e. The molecule has 3 rings (SSSR count). The Labute approximate surface area is 205 Å². The number of ether oxygens (including phenoxy) is 1. The number of aromatic nitrogens is 3. The minimum atomic E-state index is -0.00633. The summed E-state index contributed by atoms with van der Waals surface area (Å²) in [5.74, 6) is 3.33. The number of nitrogens with one attached hydrogen (secondary N) is 2. The van der Waals surface area contributed by atoms with Crippen molar-refractivity contribution in [1.29, 1.82) is 0 Å². The van der Waals surface area contributed by atoms with Gasteiger partial charge >= 0.3 is 0 Å². The Morgan fingerprint density at radius 3 is 2.71 bits per heavy atom. The zero-order valence-electron chi connectivity index (χ0n) is 18.5. The number of halogens is 1.